The third-order valence-corrected chi connectivity index (χ3v) is 4.39. The van der Waals surface area contributed by atoms with Gasteiger partial charge < -0.3 is 9.47 Å². The summed E-state index contributed by atoms with van der Waals surface area (Å²) in [6.07, 6.45) is 1.18. The Balaban J connectivity index is 2.57. The third-order valence-electron chi connectivity index (χ3n) is 2.72. The minimum absolute atomic E-state index is 0.00588. The average Bonchev–Trinajstić information content (AvgIpc) is 2.47. The molecule has 0 amide bonds. The van der Waals surface area contributed by atoms with Gasteiger partial charge in [-0.1, -0.05) is 0 Å². The molecule has 0 radical (unpaired) electrons. The van der Waals surface area contributed by atoms with E-state index in [1.807, 2.05) is 0 Å². The molecule has 20 heavy (non-hydrogen) atoms. The summed E-state index contributed by atoms with van der Waals surface area (Å²) >= 11 is 0. The zero-order valence-corrected chi connectivity index (χ0v) is 11.8. The van der Waals surface area contributed by atoms with E-state index in [1.54, 1.807) is 0 Å². The Bertz CT molecular complexity index is 762. The van der Waals surface area contributed by atoms with E-state index in [0.29, 0.717) is 9.72 Å². The molecule has 7 heteroatoms. The topological polar surface area (TPSA) is 74.6 Å². The molecule has 6 nitrogen and oxygen atoms in total. The Hall–Kier alpha value is -2.28. The molecular weight excluding hydrogens is 282 g/mol. The molecular formula is C13H13NO5S. The van der Waals surface area contributed by atoms with Gasteiger partial charge in [0.1, 0.15) is 5.75 Å². The number of benzene rings is 1. The van der Waals surface area contributed by atoms with Crippen molar-refractivity contribution in [2.75, 3.05) is 14.2 Å². The molecule has 0 aliphatic rings. The van der Waals surface area contributed by atoms with Crippen molar-refractivity contribution in [2.45, 2.75) is 4.90 Å². The number of pyridine rings is 1. The van der Waals surface area contributed by atoms with Gasteiger partial charge in [0.15, 0.2) is 5.75 Å². The Morgan fingerprint density at radius 1 is 1.00 bits per heavy atom. The molecule has 0 unspecified atom stereocenters. The van der Waals surface area contributed by atoms with Gasteiger partial charge in [0.2, 0.25) is 0 Å². The van der Waals surface area contributed by atoms with Crippen LogP contribution >= 0.6 is 0 Å². The van der Waals surface area contributed by atoms with Gasteiger partial charge in [0, 0.05) is 6.20 Å². The summed E-state index contributed by atoms with van der Waals surface area (Å²) in [5, 5.41) is 0. The lowest BCUT2D eigenvalue weighted by atomic mass is 10.3. The highest BCUT2D eigenvalue weighted by Crippen LogP contribution is 2.17. The van der Waals surface area contributed by atoms with E-state index >= 15 is 0 Å². The lowest BCUT2D eigenvalue weighted by Crippen LogP contribution is -2.27. The van der Waals surface area contributed by atoms with E-state index < -0.39 is 15.6 Å². The molecule has 106 valence electrons. The van der Waals surface area contributed by atoms with Crippen molar-refractivity contribution >= 4 is 10.0 Å². The van der Waals surface area contributed by atoms with E-state index in [1.165, 1.54) is 56.8 Å². The van der Waals surface area contributed by atoms with Crippen LogP contribution in [0.15, 0.2) is 52.3 Å². The number of methoxy groups -OCH3 is 2. The summed E-state index contributed by atoms with van der Waals surface area (Å²) in [7, 11) is -1.17. The predicted molar refractivity (Wildman–Crippen MR) is 72.8 cm³/mol. The van der Waals surface area contributed by atoms with Crippen molar-refractivity contribution in [3.63, 3.8) is 0 Å². The van der Waals surface area contributed by atoms with E-state index in [2.05, 4.69) is 0 Å². The number of nitrogens with zero attached hydrogens (tertiary/aromatic N) is 1. The van der Waals surface area contributed by atoms with Gasteiger partial charge >= 0.3 is 5.56 Å². The Labute approximate surface area is 116 Å². The summed E-state index contributed by atoms with van der Waals surface area (Å²) in [5.74, 6) is 0.492. The second-order valence-corrected chi connectivity index (χ2v) is 5.67. The predicted octanol–water partition coefficient (Wildman–Crippen LogP) is 1.10. The first-order valence-electron chi connectivity index (χ1n) is 5.66. The molecule has 0 fully saturated rings. The maximum Gasteiger partial charge on any atom is 0.306 e. The standard InChI is InChI=1S/C13H13NO5S/c1-18-10-5-7-11(8-6-10)20(16,17)14-9-3-4-12(19-2)13(14)15/h3-9H,1-2H3. The normalized spacial score (nSPS) is 11.1. The Morgan fingerprint density at radius 3 is 2.20 bits per heavy atom. The number of ether oxygens (including phenoxy) is 2. The summed E-state index contributed by atoms with van der Waals surface area (Å²) in [5.41, 5.74) is -0.731. The average molecular weight is 295 g/mol. The smallest absolute Gasteiger partial charge is 0.306 e. The van der Waals surface area contributed by atoms with E-state index in [0.717, 1.165) is 0 Å². The SMILES string of the molecule is COc1ccc(S(=O)(=O)n2cccc(OC)c2=O)cc1. The fourth-order valence-electron chi connectivity index (χ4n) is 1.66. The molecule has 1 aromatic heterocycles. The third kappa shape index (κ3) is 2.39. The molecule has 1 aromatic carbocycles. The zero-order valence-electron chi connectivity index (χ0n) is 10.9. The van der Waals surface area contributed by atoms with Crippen LogP contribution in [0, 0.1) is 0 Å². The van der Waals surface area contributed by atoms with Gasteiger partial charge in [-0.05, 0) is 36.4 Å². The van der Waals surface area contributed by atoms with Crippen molar-refractivity contribution < 1.29 is 17.9 Å². The first-order valence-corrected chi connectivity index (χ1v) is 7.10. The lowest BCUT2D eigenvalue weighted by molar-refractivity contribution is 0.406. The summed E-state index contributed by atoms with van der Waals surface area (Å²) < 4.78 is 35.2. The number of hydrogen-bond acceptors (Lipinski definition) is 5. The first kappa shape index (κ1) is 14.1. The zero-order chi connectivity index (χ0) is 14.8. The highest BCUT2D eigenvalue weighted by molar-refractivity contribution is 7.90. The monoisotopic (exact) mass is 295 g/mol. The van der Waals surface area contributed by atoms with Crippen LogP contribution in [0.2, 0.25) is 0 Å². The van der Waals surface area contributed by atoms with Crippen molar-refractivity contribution in [2.24, 2.45) is 0 Å². The van der Waals surface area contributed by atoms with Gasteiger partial charge in [-0.2, -0.15) is 0 Å². The molecule has 2 rings (SSSR count). The van der Waals surface area contributed by atoms with Crippen molar-refractivity contribution in [3.8, 4) is 11.5 Å². The second kappa shape index (κ2) is 5.38. The van der Waals surface area contributed by atoms with Crippen LogP contribution < -0.4 is 15.0 Å². The maximum absolute atomic E-state index is 12.4. The highest BCUT2D eigenvalue weighted by atomic mass is 32.2. The molecule has 0 bridgehead atoms. The fourth-order valence-corrected chi connectivity index (χ4v) is 2.91. The molecule has 0 atom stereocenters. The second-order valence-electron chi connectivity index (χ2n) is 3.86. The first-order chi connectivity index (χ1) is 9.50. The molecule has 2 aromatic rings. The molecule has 0 spiro atoms. The minimum atomic E-state index is -3.96. The van der Waals surface area contributed by atoms with Crippen LogP contribution in [0.4, 0.5) is 0 Å². The molecule has 0 aliphatic carbocycles. The maximum atomic E-state index is 12.4. The summed E-state index contributed by atoms with van der Waals surface area (Å²) in [4.78, 5) is 12.0. The highest BCUT2D eigenvalue weighted by Gasteiger charge is 2.19. The van der Waals surface area contributed by atoms with Gasteiger partial charge in [0.05, 0.1) is 19.1 Å². The van der Waals surface area contributed by atoms with Crippen molar-refractivity contribution in [3.05, 3.63) is 52.9 Å². The number of hydrogen-bond donors (Lipinski definition) is 0. The Kier molecular flexibility index (Phi) is 3.80. The molecule has 0 saturated carbocycles. The Morgan fingerprint density at radius 2 is 1.65 bits per heavy atom. The van der Waals surface area contributed by atoms with Gasteiger partial charge in [-0.15, -0.1) is 0 Å². The molecule has 0 aliphatic heterocycles. The number of aromatic nitrogens is 1. The van der Waals surface area contributed by atoms with E-state index in [-0.39, 0.29) is 10.6 Å². The summed E-state index contributed by atoms with van der Waals surface area (Å²) in [6.45, 7) is 0. The largest absolute Gasteiger partial charge is 0.497 e. The van der Waals surface area contributed by atoms with Gasteiger partial charge in [0.25, 0.3) is 10.0 Å². The quantitative estimate of drug-likeness (QED) is 0.844. The van der Waals surface area contributed by atoms with Crippen molar-refractivity contribution in [1.82, 2.24) is 3.97 Å². The molecule has 0 N–H and O–H groups in total. The van der Waals surface area contributed by atoms with Crippen molar-refractivity contribution in [1.29, 1.82) is 0 Å². The van der Waals surface area contributed by atoms with Crippen LogP contribution in [0.5, 0.6) is 11.5 Å². The van der Waals surface area contributed by atoms with Gasteiger partial charge in [-0.25, -0.2) is 12.4 Å². The van der Waals surface area contributed by atoms with E-state index in [9.17, 15) is 13.2 Å². The van der Waals surface area contributed by atoms with E-state index in [4.69, 9.17) is 9.47 Å². The molecule has 1 heterocycles. The fraction of sp³-hybridized carbons (Fsp3) is 0.154. The van der Waals surface area contributed by atoms with Crippen LogP contribution in [0.25, 0.3) is 0 Å². The van der Waals surface area contributed by atoms with Crippen LogP contribution in [-0.4, -0.2) is 26.6 Å². The van der Waals surface area contributed by atoms with Crippen LogP contribution in [-0.2, 0) is 10.0 Å². The summed E-state index contributed by atoms with van der Waals surface area (Å²) in [6, 6.07) is 8.61. The molecule has 0 saturated heterocycles. The van der Waals surface area contributed by atoms with Crippen LogP contribution in [0.1, 0.15) is 0 Å². The number of rotatable bonds is 4. The minimum Gasteiger partial charge on any atom is -0.497 e. The van der Waals surface area contributed by atoms with Gasteiger partial charge in [-0.3, -0.25) is 4.79 Å². The van der Waals surface area contributed by atoms with Crippen LogP contribution in [0.3, 0.4) is 0 Å². The lowest BCUT2D eigenvalue weighted by Gasteiger charge is -2.09.